The summed E-state index contributed by atoms with van der Waals surface area (Å²) in [6.07, 6.45) is -22.9. The van der Waals surface area contributed by atoms with Crippen LogP contribution in [-0.2, 0) is 28.5 Å². The van der Waals surface area contributed by atoms with Gasteiger partial charge in [0.1, 0.15) is 89.8 Å². The van der Waals surface area contributed by atoms with E-state index in [0.29, 0.717) is 5.56 Å². The van der Waals surface area contributed by atoms with Crippen LogP contribution in [0.4, 0.5) is 0 Å². The number of hydrogen-bond acceptors (Lipinski definition) is 22. The van der Waals surface area contributed by atoms with E-state index in [0.717, 1.165) is 18.2 Å². The predicted octanol–water partition coefficient (Wildman–Crippen LogP) is -0.913. The number of aromatic hydroxyl groups is 3. The molecule has 3 saturated heterocycles. The highest BCUT2D eigenvalue weighted by Gasteiger charge is 2.52. The number of aliphatic hydroxyl groups excluding tert-OH is 8. The Hall–Kier alpha value is -5.60. The van der Waals surface area contributed by atoms with Crippen molar-refractivity contribution in [2.24, 2.45) is 0 Å². The van der Waals surface area contributed by atoms with E-state index in [9.17, 15) is 65.8 Å². The molecule has 0 aliphatic carbocycles. The van der Waals surface area contributed by atoms with Gasteiger partial charge in [-0.15, -0.1) is 0 Å². The first kappa shape index (κ1) is 47.4. The summed E-state index contributed by atoms with van der Waals surface area (Å²) in [5.41, 5.74) is -0.954. The molecule has 1 aromatic heterocycles. The average molecular weight is 917 g/mol. The van der Waals surface area contributed by atoms with Gasteiger partial charge in [0.25, 0.3) is 0 Å². The Morgan fingerprint density at radius 2 is 1.34 bits per heavy atom. The van der Waals surface area contributed by atoms with E-state index in [-0.39, 0.29) is 34.1 Å². The van der Waals surface area contributed by atoms with Gasteiger partial charge >= 0.3 is 5.97 Å². The summed E-state index contributed by atoms with van der Waals surface area (Å²) in [6.45, 7) is 2.04. The Kier molecular flexibility index (Phi) is 14.2. The quantitative estimate of drug-likeness (QED) is 0.0605. The fraction of sp³-hybridized carbons (Fsp3) is 0.442. The Balaban J connectivity index is 1.27. The minimum Gasteiger partial charge on any atom is -0.508 e. The van der Waals surface area contributed by atoms with E-state index >= 15 is 0 Å². The van der Waals surface area contributed by atoms with Crippen LogP contribution in [0.25, 0.3) is 28.4 Å². The van der Waals surface area contributed by atoms with Crippen molar-refractivity contribution >= 4 is 23.0 Å². The lowest BCUT2D eigenvalue weighted by Crippen LogP contribution is -2.64. The number of hydrogen-bond donors (Lipinski definition) is 11. The van der Waals surface area contributed by atoms with Crippen LogP contribution < -0.4 is 19.6 Å². The van der Waals surface area contributed by atoms with Crippen LogP contribution >= 0.6 is 0 Å². The number of benzene rings is 3. The van der Waals surface area contributed by atoms with Crippen molar-refractivity contribution in [1.29, 1.82) is 0 Å². The summed E-state index contributed by atoms with van der Waals surface area (Å²) >= 11 is 0. The summed E-state index contributed by atoms with van der Waals surface area (Å²) in [7, 11) is 1.24. The molecular weight excluding hydrogens is 868 g/mol. The van der Waals surface area contributed by atoms with Crippen molar-refractivity contribution in [1.82, 2.24) is 0 Å². The summed E-state index contributed by atoms with van der Waals surface area (Å²) < 4.78 is 51.6. The summed E-state index contributed by atoms with van der Waals surface area (Å²) in [5, 5.41) is 116. The first-order valence-corrected chi connectivity index (χ1v) is 20.1. The van der Waals surface area contributed by atoms with Crippen LogP contribution in [0, 0.1) is 0 Å². The molecule has 7 rings (SSSR count). The molecule has 0 radical (unpaired) electrons. The van der Waals surface area contributed by atoms with Crippen LogP contribution in [0.2, 0.25) is 0 Å². The maximum atomic E-state index is 14.6. The van der Waals surface area contributed by atoms with Crippen LogP contribution in [-0.4, -0.2) is 168 Å². The molecule has 0 bridgehead atoms. The Morgan fingerprint density at radius 1 is 0.692 bits per heavy atom. The van der Waals surface area contributed by atoms with E-state index in [1.807, 2.05) is 0 Å². The molecule has 3 fully saturated rings. The highest BCUT2D eigenvalue weighted by Crippen LogP contribution is 2.41. The molecule has 15 atom stereocenters. The van der Waals surface area contributed by atoms with Crippen molar-refractivity contribution in [3.63, 3.8) is 0 Å². The van der Waals surface area contributed by atoms with Crippen molar-refractivity contribution in [2.75, 3.05) is 13.7 Å². The summed E-state index contributed by atoms with van der Waals surface area (Å²) in [5.74, 6) is -3.58. The highest BCUT2D eigenvalue weighted by atomic mass is 16.8. The predicted molar refractivity (Wildman–Crippen MR) is 217 cm³/mol. The lowest BCUT2D eigenvalue weighted by molar-refractivity contribution is -0.354. The van der Waals surface area contributed by atoms with Crippen LogP contribution in [0.5, 0.6) is 34.5 Å². The Bertz CT molecular complexity index is 2400. The molecule has 352 valence electrons. The van der Waals surface area contributed by atoms with Crippen LogP contribution in [0.1, 0.15) is 19.4 Å². The lowest BCUT2D eigenvalue weighted by Gasteiger charge is -2.45. The maximum Gasteiger partial charge on any atom is 0.330 e. The summed E-state index contributed by atoms with van der Waals surface area (Å²) in [4.78, 5) is 27.4. The van der Waals surface area contributed by atoms with Gasteiger partial charge in [0.15, 0.2) is 29.7 Å². The number of phenolic OH excluding ortho intramolecular Hbond substituents is 3. The number of esters is 1. The van der Waals surface area contributed by atoms with E-state index in [1.165, 1.54) is 69.5 Å². The molecular formula is C43H48O22. The zero-order chi connectivity index (χ0) is 47.0. The van der Waals surface area contributed by atoms with E-state index < -0.39 is 133 Å². The number of carbonyl (C=O) groups is 1. The third-order valence-electron chi connectivity index (χ3n) is 11.1. The smallest absolute Gasteiger partial charge is 0.330 e. The first-order valence-electron chi connectivity index (χ1n) is 20.1. The Morgan fingerprint density at radius 3 is 2.00 bits per heavy atom. The number of phenols is 3. The van der Waals surface area contributed by atoms with Gasteiger partial charge in [-0.05, 0) is 55.8 Å². The Labute approximate surface area is 367 Å². The second-order valence-corrected chi connectivity index (χ2v) is 15.6. The van der Waals surface area contributed by atoms with Gasteiger partial charge in [0, 0.05) is 23.8 Å². The molecule has 3 aromatic carbocycles. The van der Waals surface area contributed by atoms with Gasteiger partial charge in [-0.3, -0.25) is 4.79 Å². The third-order valence-corrected chi connectivity index (χ3v) is 11.1. The second kappa shape index (κ2) is 19.5. The minimum absolute atomic E-state index is 0.00258. The molecule has 22 nitrogen and oxygen atoms in total. The van der Waals surface area contributed by atoms with Gasteiger partial charge in [-0.2, -0.15) is 0 Å². The van der Waals surface area contributed by atoms with Crippen molar-refractivity contribution in [3.05, 3.63) is 76.5 Å². The van der Waals surface area contributed by atoms with E-state index in [4.69, 9.17) is 42.3 Å². The zero-order valence-corrected chi connectivity index (χ0v) is 34.6. The topological polar surface area (TPSA) is 344 Å². The van der Waals surface area contributed by atoms with Gasteiger partial charge < -0.3 is 98.5 Å². The molecule has 22 heteroatoms. The van der Waals surface area contributed by atoms with Crippen molar-refractivity contribution in [3.8, 4) is 45.8 Å². The molecule has 0 spiro atoms. The summed E-state index contributed by atoms with van der Waals surface area (Å²) in [6, 6.07) is 11.6. The number of carbonyl (C=O) groups excluding carboxylic acids is 1. The number of aliphatic hydroxyl groups is 8. The lowest BCUT2D eigenvalue weighted by atomic mass is 9.97. The molecule has 65 heavy (non-hydrogen) atoms. The normalized spacial score (nSPS) is 32.9. The first-order chi connectivity index (χ1) is 30.9. The van der Waals surface area contributed by atoms with Gasteiger partial charge in [-0.1, -0.05) is 12.1 Å². The maximum absolute atomic E-state index is 14.6. The minimum atomic E-state index is -2.06. The standard InChI is InChI=1S/C43H48O22/c1-16-29(48)33(52)36(55)41(59-16)61-21-13-23(46)28-25(14-21)62-38(19-7-10-22(45)24(12-19)57-3)39(32(28)51)64-43-40(65-42-37(56)34(53)30(49)17(2)60-42)35(54)31(50)26(63-43)15-58-27(47)11-6-18-4-8-20(44)9-5-18/h4-14,16-17,26,29-31,33-37,40-46,48-50,52-56H,15H2,1-3H3/b11-6+/t16?,17?,26?,29-,30-,31+,33?,34?,35?,36-,37-,40?,41-,42-,43-/m0/s1. The van der Waals surface area contributed by atoms with Crippen molar-refractivity contribution < 1.29 is 103 Å². The molecule has 0 saturated carbocycles. The van der Waals surface area contributed by atoms with Gasteiger partial charge in [0.05, 0.1) is 19.3 Å². The number of ether oxygens (including phenoxy) is 8. The molecule has 3 aliphatic heterocycles. The largest absolute Gasteiger partial charge is 0.508 e. The second-order valence-electron chi connectivity index (χ2n) is 15.6. The SMILES string of the molecule is COc1cc(-c2oc3cc(O[C@@H]4OC(C)[C@H](O)C(O)[C@@H]4O)cc(O)c3c(=O)c2O[C@@H]2OC(COC(=O)/C=C/c3ccc(O)cc3)[C@@H](O)C(O)C2O[C@@H]2OC(C)[C@H](O)C(O)[C@@H]2O)ccc1O. The molecule has 4 heterocycles. The van der Waals surface area contributed by atoms with Crippen LogP contribution in [0.3, 0.4) is 0 Å². The van der Waals surface area contributed by atoms with Gasteiger partial charge in [0.2, 0.25) is 23.8 Å². The monoisotopic (exact) mass is 916 g/mol. The zero-order valence-electron chi connectivity index (χ0n) is 34.6. The van der Waals surface area contributed by atoms with E-state index in [2.05, 4.69) is 0 Å². The fourth-order valence-corrected chi connectivity index (χ4v) is 7.33. The third kappa shape index (κ3) is 9.84. The number of fused-ring (bicyclic) bond motifs is 1. The van der Waals surface area contributed by atoms with E-state index in [1.54, 1.807) is 0 Å². The fourth-order valence-electron chi connectivity index (χ4n) is 7.33. The average Bonchev–Trinajstić information content (AvgIpc) is 3.28. The van der Waals surface area contributed by atoms with Gasteiger partial charge in [-0.25, -0.2) is 4.79 Å². The molecule has 0 amide bonds. The highest BCUT2D eigenvalue weighted by molar-refractivity contribution is 5.89. The molecule has 11 N–H and O–H groups in total. The number of rotatable bonds is 12. The molecule has 7 unspecified atom stereocenters. The molecule has 4 aromatic rings. The van der Waals surface area contributed by atoms with Crippen molar-refractivity contribution in [2.45, 2.75) is 106 Å². The van der Waals surface area contributed by atoms with Crippen LogP contribution in [0.15, 0.2) is 69.9 Å². The molecule has 3 aliphatic rings. The number of methoxy groups -OCH3 is 1.